The van der Waals surface area contributed by atoms with E-state index in [1.165, 1.54) is 4.90 Å². The minimum absolute atomic E-state index is 0.302. The van der Waals surface area contributed by atoms with Gasteiger partial charge in [-0.1, -0.05) is 24.4 Å². The number of hydrogen-bond acceptors (Lipinski definition) is 4. The first-order chi connectivity index (χ1) is 8.69. The summed E-state index contributed by atoms with van der Waals surface area (Å²) in [5, 5.41) is 3.23. The first-order valence-electron chi connectivity index (χ1n) is 5.37. The molecule has 2 rings (SSSR count). The van der Waals surface area contributed by atoms with Crippen LogP contribution >= 0.6 is 24.0 Å². The molecule has 1 aromatic carbocycles. The molecule has 0 saturated heterocycles. The van der Waals surface area contributed by atoms with Crippen molar-refractivity contribution in [3.8, 4) is 0 Å². The minimum atomic E-state index is 0.302. The maximum atomic E-state index is 5.56. The summed E-state index contributed by atoms with van der Waals surface area (Å²) in [4.78, 5) is 5.84. The van der Waals surface area contributed by atoms with Gasteiger partial charge in [0.2, 0.25) is 0 Å². The first-order valence-corrected chi connectivity index (χ1v) is 7.00. The summed E-state index contributed by atoms with van der Waals surface area (Å²) >= 11 is 6.61. The molecule has 0 aliphatic carbocycles. The molecule has 18 heavy (non-hydrogen) atoms. The quantitative estimate of drug-likeness (QED) is 0.663. The summed E-state index contributed by atoms with van der Waals surface area (Å²) < 4.78 is 0. The van der Waals surface area contributed by atoms with Gasteiger partial charge in [-0.3, -0.25) is 0 Å². The Hall–Kier alpha value is -1.59. The molecule has 0 aliphatic heterocycles. The van der Waals surface area contributed by atoms with Crippen LogP contribution in [0.2, 0.25) is 0 Å². The van der Waals surface area contributed by atoms with Gasteiger partial charge in [0, 0.05) is 10.6 Å². The van der Waals surface area contributed by atoms with Gasteiger partial charge in [0.05, 0.1) is 5.69 Å². The van der Waals surface area contributed by atoms with Crippen molar-refractivity contribution < 1.29 is 0 Å². The number of hydrogen-bond donors (Lipinski definition) is 2. The average Bonchev–Trinajstić information content (AvgIpc) is 2.39. The molecule has 92 valence electrons. The van der Waals surface area contributed by atoms with E-state index in [9.17, 15) is 0 Å². The van der Waals surface area contributed by atoms with Gasteiger partial charge >= 0.3 is 0 Å². The van der Waals surface area contributed by atoms with Gasteiger partial charge in [-0.05, 0) is 36.6 Å². The highest BCUT2D eigenvalue weighted by molar-refractivity contribution is 7.98. The number of nitrogens with one attached hydrogen (secondary N) is 1. The summed E-state index contributed by atoms with van der Waals surface area (Å²) in [7, 11) is 0. The van der Waals surface area contributed by atoms with Gasteiger partial charge in [0.15, 0.2) is 0 Å². The van der Waals surface area contributed by atoms with Crippen LogP contribution in [0.15, 0.2) is 47.4 Å². The zero-order valence-electron chi connectivity index (χ0n) is 9.88. The highest BCUT2D eigenvalue weighted by Crippen LogP contribution is 2.21. The van der Waals surface area contributed by atoms with Gasteiger partial charge in [-0.15, -0.1) is 11.8 Å². The number of aromatic nitrogens is 1. The first kappa shape index (κ1) is 12.9. The molecule has 0 unspecified atom stereocenters. The zero-order chi connectivity index (χ0) is 13.0. The number of pyridine rings is 1. The number of thiocarbonyl (C=S) groups is 1. The van der Waals surface area contributed by atoms with Crippen molar-refractivity contribution in [2.24, 2.45) is 5.73 Å². The highest BCUT2D eigenvalue weighted by Gasteiger charge is 2.01. The Morgan fingerprint density at radius 2 is 2.06 bits per heavy atom. The lowest BCUT2D eigenvalue weighted by Gasteiger charge is -2.08. The predicted octanol–water partition coefficient (Wildman–Crippen LogP) is 3.18. The number of benzene rings is 1. The van der Waals surface area contributed by atoms with Crippen LogP contribution in [-0.4, -0.2) is 16.2 Å². The molecule has 0 aliphatic rings. The summed E-state index contributed by atoms with van der Waals surface area (Å²) in [6, 6.07) is 13.7. The Morgan fingerprint density at radius 3 is 2.78 bits per heavy atom. The Kier molecular flexibility index (Phi) is 4.17. The summed E-state index contributed by atoms with van der Waals surface area (Å²) in [6.45, 7) is 0. The summed E-state index contributed by atoms with van der Waals surface area (Å²) in [5.41, 5.74) is 7.18. The lowest BCUT2D eigenvalue weighted by atomic mass is 10.3. The maximum absolute atomic E-state index is 5.56. The van der Waals surface area contributed by atoms with Crippen LogP contribution in [0.25, 0.3) is 0 Å². The summed E-state index contributed by atoms with van der Waals surface area (Å²) in [5.74, 6) is 0.735. The van der Waals surface area contributed by atoms with E-state index < -0.39 is 0 Å². The number of nitrogens with two attached hydrogens (primary N) is 1. The van der Waals surface area contributed by atoms with Gasteiger partial charge in [0.1, 0.15) is 10.8 Å². The van der Waals surface area contributed by atoms with Crippen LogP contribution in [0.5, 0.6) is 0 Å². The number of nitrogens with zero attached hydrogens (tertiary/aromatic N) is 1. The van der Waals surface area contributed by atoms with Crippen molar-refractivity contribution in [1.82, 2.24) is 4.98 Å². The van der Waals surface area contributed by atoms with Crippen LogP contribution in [-0.2, 0) is 0 Å². The van der Waals surface area contributed by atoms with E-state index in [0.717, 1.165) is 11.5 Å². The van der Waals surface area contributed by atoms with E-state index in [1.807, 2.05) is 30.5 Å². The van der Waals surface area contributed by atoms with Crippen molar-refractivity contribution in [2.45, 2.75) is 4.90 Å². The molecule has 0 fully saturated rings. The SMILES string of the molecule is CSc1cccc(Nc2cccc(C(N)=S)n2)c1. The van der Waals surface area contributed by atoms with Crippen molar-refractivity contribution in [2.75, 3.05) is 11.6 Å². The molecule has 0 spiro atoms. The van der Waals surface area contributed by atoms with Crippen molar-refractivity contribution in [3.63, 3.8) is 0 Å². The molecule has 0 amide bonds. The van der Waals surface area contributed by atoms with Crippen molar-refractivity contribution in [3.05, 3.63) is 48.2 Å². The molecular formula is C13H13N3S2. The van der Waals surface area contributed by atoms with E-state index in [2.05, 4.69) is 22.4 Å². The number of rotatable bonds is 4. The van der Waals surface area contributed by atoms with Gasteiger partial charge in [-0.2, -0.15) is 0 Å². The average molecular weight is 275 g/mol. The number of anilines is 2. The fourth-order valence-electron chi connectivity index (χ4n) is 1.49. The van der Waals surface area contributed by atoms with Gasteiger partial charge in [0.25, 0.3) is 0 Å². The fourth-order valence-corrected chi connectivity index (χ4v) is 2.06. The molecule has 2 aromatic rings. The minimum Gasteiger partial charge on any atom is -0.388 e. The molecule has 3 N–H and O–H groups in total. The normalized spacial score (nSPS) is 10.1. The Morgan fingerprint density at radius 1 is 1.28 bits per heavy atom. The number of thioether (sulfide) groups is 1. The van der Waals surface area contributed by atoms with Gasteiger partial charge < -0.3 is 11.1 Å². The lowest BCUT2D eigenvalue weighted by Crippen LogP contribution is -2.12. The third-order valence-corrected chi connectivity index (χ3v) is 3.28. The Labute approximate surface area is 116 Å². The second kappa shape index (κ2) is 5.84. The van der Waals surface area contributed by atoms with Crippen LogP contribution in [0.3, 0.4) is 0 Å². The predicted molar refractivity (Wildman–Crippen MR) is 81.6 cm³/mol. The third-order valence-electron chi connectivity index (χ3n) is 2.34. The van der Waals surface area contributed by atoms with E-state index in [1.54, 1.807) is 17.8 Å². The molecule has 0 bridgehead atoms. The molecular weight excluding hydrogens is 262 g/mol. The molecule has 0 atom stereocenters. The summed E-state index contributed by atoms with van der Waals surface area (Å²) in [6.07, 6.45) is 2.05. The van der Waals surface area contributed by atoms with E-state index in [0.29, 0.717) is 10.7 Å². The third kappa shape index (κ3) is 3.21. The van der Waals surface area contributed by atoms with Crippen LogP contribution < -0.4 is 11.1 Å². The second-order valence-electron chi connectivity index (χ2n) is 3.63. The van der Waals surface area contributed by atoms with Gasteiger partial charge in [-0.25, -0.2) is 4.98 Å². The smallest absolute Gasteiger partial charge is 0.131 e. The molecule has 1 heterocycles. The van der Waals surface area contributed by atoms with Crippen LogP contribution in [0.4, 0.5) is 11.5 Å². The van der Waals surface area contributed by atoms with Crippen molar-refractivity contribution in [1.29, 1.82) is 0 Å². The second-order valence-corrected chi connectivity index (χ2v) is 4.95. The molecule has 0 saturated carbocycles. The zero-order valence-corrected chi connectivity index (χ0v) is 11.5. The van der Waals surface area contributed by atoms with E-state index in [4.69, 9.17) is 18.0 Å². The largest absolute Gasteiger partial charge is 0.388 e. The molecule has 3 nitrogen and oxygen atoms in total. The molecule has 0 radical (unpaired) electrons. The van der Waals surface area contributed by atoms with E-state index in [-0.39, 0.29) is 0 Å². The highest BCUT2D eigenvalue weighted by atomic mass is 32.2. The lowest BCUT2D eigenvalue weighted by molar-refractivity contribution is 1.27. The van der Waals surface area contributed by atoms with Crippen molar-refractivity contribution >= 4 is 40.5 Å². The van der Waals surface area contributed by atoms with Crippen LogP contribution in [0, 0.1) is 0 Å². The maximum Gasteiger partial charge on any atom is 0.131 e. The monoisotopic (exact) mass is 275 g/mol. The topological polar surface area (TPSA) is 50.9 Å². The Balaban J connectivity index is 2.22. The standard InChI is InChI=1S/C13H13N3S2/c1-18-10-5-2-4-9(8-10)15-12-7-3-6-11(16-12)13(14)17/h2-8H,1H3,(H2,14,17)(H,15,16). The van der Waals surface area contributed by atoms with Crippen LogP contribution in [0.1, 0.15) is 5.69 Å². The Bertz CT molecular complexity index is 570. The fraction of sp³-hybridized carbons (Fsp3) is 0.0769. The molecule has 1 aromatic heterocycles. The molecule has 5 heteroatoms. The van der Waals surface area contributed by atoms with E-state index >= 15 is 0 Å².